The average Bonchev–Trinajstić information content (AvgIpc) is 2.46. The summed E-state index contributed by atoms with van der Waals surface area (Å²) >= 11 is 0. The minimum absolute atomic E-state index is 0.369. The maximum atomic E-state index is 13.3. The van der Waals surface area contributed by atoms with Crippen LogP contribution in [0.5, 0.6) is 0 Å². The fourth-order valence-corrected chi connectivity index (χ4v) is 2.81. The standard InChI is InChI=1S/C17H15FN2/c1-12-4-6-16-13(9-12)3-2-8-20(16)17-7-5-15(18)10-14(17)11-19/h4-7,9-10H,2-3,8H2,1H3. The van der Waals surface area contributed by atoms with Crippen molar-refractivity contribution >= 4 is 11.4 Å². The largest absolute Gasteiger partial charge is 0.340 e. The SMILES string of the molecule is Cc1ccc2c(c1)CCCN2c1ccc(F)cc1C#N. The third-order valence-corrected chi connectivity index (χ3v) is 3.72. The lowest BCUT2D eigenvalue weighted by Crippen LogP contribution is -2.25. The summed E-state index contributed by atoms with van der Waals surface area (Å²) in [5.41, 5.74) is 4.84. The molecule has 0 bridgehead atoms. The summed E-state index contributed by atoms with van der Waals surface area (Å²) in [6.07, 6.45) is 2.09. The van der Waals surface area contributed by atoms with Gasteiger partial charge in [0.2, 0.25) is 0 Å². The van der Waals surface area contributed by atoms with Crippen LogP contribution in [0.15, 0.2) is 36.4 Å². The molecule has 0 spiro atoms. The molecule has 0 saturated heterocycles. The number of hydrogen-bond acceptors (Lipinski definition) is 2. The van der Waals surface area contributed by atoms with Gasteiger partial charge >= 0.3 is 0 Å². The number of benzene rings is 2. The van der Waals surface area contributed by atoms with Crippen LogP contribution in [0.2, 0.25) is 0 Å². The van der Waals surface area contributed by atoms with E-state index in [1.54, 1.807) is 6.07 Å². The molecule has 2 nitrogen and oxygen atoms in total. The fourth-order valence-electron chi connectivity index (χ4n) is 2.81. The van der Waals surface area contributed by atoms with Crippen molar-refractivity contribution in [3.8, 4) is 6.07 Å². The maximum absolute atomic E-state index is 13.3. The Hall–Kier alpha value is -2.34. The van der Waals surface area contributed by atoms with Gasteiger partial charge in [-0.1, -0.05) is 17.7 Å². The number of halogens is 1. The first-order valence-electron chi connectivity index (χ1n) is 6.76. The van der Waals surface area contributed by atoms with Crippen molar-refractivity contribution in [2.75, 3.05) is 11.4 Å². The minimum Gasteiger partial charge on any atom is -0.340 e. The van der Waals surface area contributed by atoms with Crippen molar-refractivity contribution in [1.82, 2.24) is 0 Å². The average molecular weight is 266 g/mol. The molecule has 3 rings (SSSR count). The van der Waals surface area contributed by atoms with Gasteiger partial charge in [-0.2, -0.15) is 5.26 Å². The van der Waals surface area contributed by atoms with Crippen LogP contribution in [0.25, 0.3) is 0 Å². The molecule has 2 aromatic rings. The Labute approximate surface area is 118 Å². The summed E-state index contributed by atoms with van der Waals surface area (Å²) in [7, 11) is 0. The van der Waals surface area contributed by atoms with E-state index in [0.717, 1.165) is 30.8 Å². The lowest BCUT2D eigenvalue weighted by atomic mass is 9.98. The lowest BCUT2D eigenvalue weighted by molar-refractivity contribution is 0.627. The second-order valence-corrected chi connectivity index (χ2v) is 5.16. The highest BCUT2D eigenvalue weighted by atomic mass is 19.1. The van der Waals surface area contributed by atoms with Crippen molar-refractivity contribution in [1.29, 1.82) is 5.26 Å². The van der Waals surface area contributed by atoms with Gasteiger partial charge in [0.15, 0.2) is 0 Å². The van der Waals surface area contributed by atoms with Crippen molar-refractivity contribution in [3.63, 3.8) is 0 Å². The number of nitriles is 1. The van der Waals surface area contributed by atoms with Crippen LogP contribution in [0.1, 0.15) is 23.1 Å². The topological polar surface area (TPSA) is 27.0 Å². The molecule has 0 radical (unpaired) electrons. The summed E-state index contributed by atoms with van der Waals surface area (Å²) < 4.78 is 13.3. The summed E-state index contributed by atoms with van der Waals surface area (Å²) in [6.45, 7) is 2.94. The Morgan fingerprint density at radius 2 is 1.95 bits per heavy atom. The van der Waals surface area contributed by atoms with Gasteiger partial charge in [0, 0.05) is 12.2 Å². The number of aryl methyl sites for hydroxylation is 2. The predicted octanol–water partition coefficient (Wildman–Crippen LogP) is 4.09. The van der Waals surface area contributed by atoms with E-state index < -0.39 is 0 Å². The second kappa shape index (κ2) is 4.97. The first-order chi connectivity index (χ1) is 9.69. The van der Waals surface area contributed by atoms with Crippen molar-refractivity contribution in [2.24, 2.45) is 0 Å². The smallest absolute Gasteiger partial charge is 0.124 e. The van der Waals surface area contributed by atoms with Crippen LogP contribution in [0, 0.1) is 24.1 Å². The molecule has 3 heteroatoms. The van der Waals surface area contributed by atoms with E-state index in [0.29, 0.717) is 5.56 Å². The summed E-state index contributed by atoms with van der Waals surface area (Å²) in [5.74, 6) is -0.369. The van der Waals surface area contributed by atoms with Crippen molar-refractivity contribution < 1.29 is 4.39 Å². The van der Waals surface area contributed by atoms with E-state index in [2.05, 4.69) is 36.1 Å². The molecule has 100 valence electrons. The third kappa shape index (κ3) is 2.14. The van der Waals surface area contributed by atoms with Crippen LogP contribution in [0.3, 0.4) is 0 Å². The molecule has 1 aliphatic heterocycles. The Balaban J connectivity index is 2.12. The zero-order chi connectivity index (χ0) is 14.1. The molecule has 0 aromatic heterocycles. The van der Waals surface area contributed by atoms with Gasteiger partial charge in [0.1, 0.15) is 11.9 Å². The van der Waals surface area contributed by atoms with Crippen LogP contribution in [-0.4, -0.2) is 6.54 Å². The van der Waals surface area contributed by atoms with Gasteiger partial charge in [-0.05, 0) is 49.6 Å². The Kier molecular flexibility index (Phi) is 3.15. The van der Waals surface area contributed by atoms with E-state index in [4.69, 9.17) is 0 Å². The molecule has 0 N–H and O–H groups in total. The zero-order valence-electron chi connectivity index (χ0n) is 11.4. The molecule has 0 aliphatic carbocycles. The molecule has 2 aromatic carbocycles. The number of hydrogen-bond donors (Lipinski definition) is 0. The monoisotopic (exact) mass is 266 g/mol. The first-order valence-corrected chi connectivity index (χ1v) is 6.76. The third-order valence-electron chi connectivity index (χ3n) is 3.72. The van der Waals surface area contributed by atoms with E-state index >= 15 is 0 Å². The molecule has 0 amide bonds. The molecule has 20 heavy (non-hydrogen) atoms. The minimum atomic E-state index is -0.369. The van der Waals surface area contributed by atoms with Crippen LogP contribution in [0.4, 0.5) is 15.8 Å². The molecule has 1 aliphatic rings. The summed E-state index contributed by atoms with van der Waals surface area (Å²) in [6, 6.07) is 12.9. The molecule has 0 saturated carbocycles. The normalized spacial score (nSPS) is 13.8. The van der Waals surface area contributed by atoms with Crippen molar-refractivity contribution in [2.45, 2.75) is 19.8 Å². The molecular formula is C17H15FN2. The highest BCUT2D eigenvalue weighted by Gasteiger charge is 2.20. The molecule has 0 atom stereocenters. The maximum Gasteiger partial charge on any atom is 0.124 e. The highest BCUT2D eigenvalue weighted by Crippen LogP contribution is 2.35. The van der Waals surface area contributed by atoms with Gasteiger partial charge in [0.25, 0.3) is 0 Å². The Morgan fingerprint density at radius 3 is 2.75 bits per heavy atom. The van der Waals surface area contributed by atoms with Crippen LogP contribution < -0.4 is 4.90 Å². The Morgan fingerprint density at radius 1 is 1.15 bits per heavy atom. The van der Waals surface area contributed by atoms with Gasteiger partial charge in [-0.15, -0.1) is 0 Å². The molecule has 0 unspecified atom stereocenters. The predicted molar refractivity (Wildman–Crippen MR) is 77.6 cm³/mol. The van der Waals surface area contributed by atoms with Gasteiger partial charge < -0.3 is 4.90 Å². The number of anilines is 2. The summed E-state index contributed by atoms with van der Waals surface area (Å²) in [5, 5.41) is 9.22. The van der Waals surface area contributed by atoms with E-state index in [9.17, 15) is 9.65 Å². The van der Waals surface area contributed by atoms with Gasteiger partial charge in [0.05, 0.1) is 11.3 Å². The Bertz CT molecular complexity index is 701. The molecular weight excluding hydrogens is 251 g/mol. The lowest BCUT2D eigenvalue weighted by Gasteiger charge is -2.32. The number of nitrogens with zero attached hydrogens (tertiary/aromatic N) is 2. The van der Waals surface area contributed by atoms with E-state index in [-0.39, 0.29) is 5.82 Å². The zero-order valence-corrected chi connectivity index (χ0v) is 11.4. The first kappa shape index (κ1) is 12.7. The van der Waals surface area contributed by atoms with Crippen LogP contribution in [-0.2, 0) is 6.42 Å². The molecule has 0 fully saturated rings. The molecule has 1 heterocycles. The van der Waals surface area contributed by atoms with Crippen molar-refractivity contribution in [3.05, 3.63) is 58.9 Å². The summed E-state index contributed by atoms with van der Waals surface area (Å²) in [4.78, 5) is 2.12. The fraction of sp³-hybridized carbons (Fsp3) is 0.235. The quantitative estimate of drug-likeness (QED) is 0.777. The van der Waals surface area contributed by atoms with Crippen LogP contribution >= 0.6 is 0 Å². The number of fused-ring (bicyclic) bond motifs is 1. The van der Waals surface area contributed by atoms with Gasteiger partial charge in [-0.25, -0.2) is 4.39 Å². The van der Waals surface area contributed by atoms with Gasteiger partial charge in [-0.3, -0.25) is 0 Å². The second-order valence-electron chi connectivity index (χ2n) is 5.16. The van der Waals surface area contributed by atoms with E-state index in [1.807, 2.05) is 0 Å². The van der Waals surface area contributed by atoms with E-state index in [1.165, 1.54) is 23.3 Å². The number of rotatable bonds is 1. The highest BCUT2D eigenvalue weighted by molar-refractivity contribution is 5.72.